The van der Waals surface area contributed by atoms with Crippen LogP contribution in [0.2, 0.25) is 0 Å². The van der Waals surface area contributed by atoms with Crippen LogP contribution in [0.25, 0.3) is 21.3 Å². The highest BCUT2D eigenvalue weighted by Crippen LogP contribution is 2.35. The zero-order valence-electron chi connectivity index (χ0n) is 15.7. The van der Waals surface area contributed by atoms with Gasteiger partial charge in [0.1, 0.15) is 16.7 Å². The summed E-state index contributed by atoms with van der Waals surface area (Å²) in [6.45, 7) is 7.25. The number of aromatic nitrogens is 2. The monoisotopic (exact) mass is 388 g/mol. The van der Waals surface area contributed by atoms with Crippen LogP contribution in [0.15, 0.2) is 35.4 Å². The highest BCUT2D eigenvalue weighted by molar-refractivity contribution is 7.19. The smallest absolute Gasteiger partial charge is 0.329 e. The lowest BCUT2D eigenvalue weighted by atomic mass is 10.0. The highest BCUT2D eigenvalue weighted by atomic mass is 32.1. The van der Waals surface area contributed by atoms with Crippen LogP contribution in [0.1, 0.15) is 38.1 Å². The molecular weight excluding hydrogens is 367 g/mol. The van der Waals surface area contributed by atoms with Crippen LogP contribution in [0, 0.1) is 12.7 Å². The number of hydrogen-bond acceptors (Lipinski definition) is 5. The number of rotatable bonds is 5. The van der Waals surface area contributed by atoms with Gasteiger partial charge >= 0.3 is 5.97 Å². The molecule has 0 aliphatic heterocycles. The molecule has 0 aliphatic carbocycles. The molecule has 7 heteroatoms. The van der Waals surface area contributed by atoms with Crippen molar-refractivity contribution in [3.63, 3.8) is 0 Å². The predicted molar refractivity (Wildman–Crippen MR) is 105 cm³/mol. The number of carbonyl (C=O) groups excluding carboxylic acids is 1. The molecule has 0 radical (unpaired) electrons. The number of benzene rings is 1. The third-order valence-corrected chi connectivity index (χ3v) is 5.61. The Labute approximate surface area is 160 Å². The first-order valence-corrected chi connectivity index (χ1v) is 9.61. The number of halogens is 1. The molecule has 0 fully saturated rings. The average molecular weight is 388 g/mol. The summed E-state index contributed by atoms with van der Waals surface area (Å²) >= 11 is 1.40. The maximum absolute atomic E-state index is 13.3. The van der Waals surface area contributed by atoms with Gasteiger partial charge in [0.2, 0.25) is 0 Å². The molecule has 3 rings (SSSR count). The molecule has 3 aromatic rings. The van der Waals surface area contributed by atoms with Crippen molar-refractivity contribution in [1.29, 1.82) is 0 Å². The number of carbonyl (C=O) groups is 1. The average Bonchev–Trinajstić information content (AvgIpc) is 2.99. The molecule has 0 saturated carbocycles. The van der Waals surface area contributed by atoms with Crippen LogP contribution in [0.3, 0.4) is 0 Å². The van der Waals surface area contributed by atoms with Crippen LogP contribution >= 0.6 is 11.3 Å². The van der Waals surface area contributed by atoms with E-state index in [-0.39, 0.29) is 17.5 Å². The van der Waals surface area contributed by atoms with Crippen molar-refractivity contribution >= 4 is 27.5 Å². The Morgan fingerprint density at radius 3 is 2.59 bits per heavy atom. The normalized spacial score (nSPS) is 13.5. The zero-order valence-corrected chi connectivity index (χ0v) is 16.5. The van der Waals surface area contributed by atoms with Gasteiger partial charge in [-0.1, -0.05) is 19.1 Å². The number of hydrogen-bond donors (Lipinski definition) is 0. The molecule has 2 heterocycles. The van der Waals surface area contributed by atoms with Gasteiger partial charge in [-0.05, 0) is 44.9 Å². The second-order valence-electron chi connectivity index (χ2n) is 6.51. The number of aryl methyl sites for hydroxylation is 1. The Kier molecular flexibility index (Phi) is 5.41. The van der Waals surface area contributed by atoms with Gasteiger partial charge in [0.25, 0.3) is 5.56 Å². The van der Waals surface area contributed by atoms with Gasteiger partial charge in [-0.3, -0.25) is 9.36 Å². The molecular formula is C20H21FN2O3S. The minimum atomic E-state index is -0.787. The summed E-state index contributed by atoms with van der Waals surface area (Å²) in [4.78, 5) is 31.4. The number of esters is 1. The Morgan fingerprint density at radius 1 is 1.30 bits per heavy atom. The van der Waals surface area contributed by atoms with Crippen LogP contribution in [-0.4, -0.2) is 21.6 Å². The Bertz CT molecular complexity index is 1040. The standard InChI is InChI=1S/C20H21FN2O3S/c1-5-11(2)26-20(25)12(3)23-10-22-18-17(19(23)24)16(13(4)27-18)14-6-8-15(21)9-7-14/h6-12H,5H2,1-4H3/t11-,12+/m1/s1. The maximum atomic E-state index is 13.3. The third kappa shape index (κ3) is 3.64. The number of nitrogens with zero attached hydrogens (tertiary/aromatic N) is 2. The van der Waals surface area contributed by atoms with Crippen molar-refractivity contribution < 1.29 is 13.9 Å². The van der Waals surface area contributed by atoms with E-state index in [9.17, 15) is 14.0 Å². The van der Waals surface area contributed by atoms with E-state index in [1.165, 1.54) is 34.4 Å². The van der Waals surface area contributed by atoms with E-state index in [1.54, 1.807) is 19.1 Å². The summed E-state index contributed by atoms with van der Waals surface area (Å²) in [6.07, 6.45) is 1.87. The van der Waals surface area contributed by atoms with Crippen LogP contribution < -0.4 is 5.56 Å². The number of ether oxygens (including phenoxy) is 1. The SMILES string of the molecule is CC[C@@H](C)OC(=O)[C@H](C)n1cnc2sc(C)c(-c3ccc(F)cc3)c2c1=O. The molecule has 0 unspecified atom stereocenters. The van der Waals surface area contributed by atoms with Gasteiger partial charge in [-0.25, -0.2) is 14.2 Å². The molecule has 5 nitrogen and oxygen atoms in total. The van der Waals surface area contributed by atoms with Gasteiger partial charge in [-0.2, -0.15) is 0 Å². The molecule has 0 spiro atoms. The van der Waals surface area contributed by atoms with Gasteiger partial charge in [0, 0.05) is 10.4 Å². The Hall–Kier alpha value is -2.54. The fraction of sp³-hybridized carbons (Fsp3) is 0.350. The number of fused-ring (bicyclic) bond motifs is 1. The summed E-state index contributed by atoms with van der Waals surface area (Å²) in [7, 11) is 0. The van der Waals surface area contributed by atoms with E-state index in [0.29, 0.717) is 16.6 Å². The van der Waals surface area contributed by atoms with Crippen molar-refractivity contribution in [3.05, 3.63) is 51.6 Å². The van der Waals surface area contributed by atoms with Gasteiger partial charge in [0.15, 0.2) is 0 Å². The number of thiophene rings is 1. The largest absolute Gasteiger partial charge is 0.461 e. The maximum Gasteiger partial charge on any atom is 0.329 e. The lowest BCUT2D eigenvalue weighted by molar-refractivity contribution is -0.152. The molecule has 0 saturated heterocycles. The van der Waals surface area contributed by atoms with E-state index in [0.717, 1.165) is 16.0 Å². The van der Waals surface area contributed by atoms with E-state index >= 15 is 0 Å². The quantitative estimate of drug-likeness (QED) is 0.605. The fourth-order valence-corrected chi connectivity index (χ4v) is 3.85. The first kappa shape index (κ1) is 19.2. The van der Waals surface area contributed by atoms with Crippen molar-refractivity contribution in [3.8, 4) is 11.1 Å². The lowest BCUT2D eigenvalue weighted by Crippen LogP contribution is -2.31. The minimum absolute atomic E-state index is 0.217. The summed E-state index contributed by atoms with van der Waals surface area (Å²) in [6, 6.07) is 5.21. The van der Waals surface area contributed by atoms with E-state index in [2.05, 4.69) is 4.98 Å². The first-order chi connectivity index (χ1) is 12.8. The van der Waals surface area contributed by atoms with E-state index < -0.39 is 12.0 Å². The molecule has 0 bridgehead atoms. The summed E-state index contributed by atoms with van der Waals surface area (Å²) < 4.78 is 19.9. The van der Waals surface area contributed by atoms with Crippen molar-refractivity contribution in [2.45, 2.75) is 46.3 Å². The van der Waals surface area contributed by atoms with Gasteiger partial charge in [-0.15, -0.1) is 11.3 Å². The second-order valence-corrected chi connectivity index (χ2v) is 7.71. The van der Waals surface area contributed by atoms with Gasteiger partial charge in [0.05, 0.1) is 17.8 Å². The molecule has 0 aliphatic rings. The molecule has 2 atom stereocenters. The summed E-state index contributed by atoms with van der Waals surface area (Å²) in [5.74, 6) is -0.809. The Balaban J connectivity index is 2.11. The predicted octanol–water partition coefficient (Wildman–Crippen LogP) is 4.48. The molecule has 27 heavy (non-hydrogen) atoms. The third-order valence-electron chi connectivity index (χ3n) is 4.60. The minimum Gasteiger partial charge on any atom is -0.461 e. The molecule has 1 aromatic carbocycles. The van der Waals surface area contributed by atoms with E-state index in [4.69, 9.17) is 4.74 Å². The van der Waals surface area contributed by atoms with Crippen molar-refractivity contribution in [1.82, 2.24) is 9.55 Å². The fourth-order valence-electron chi connectivity index (χ4n) is 2.85. The van der Waals surface area contributed by atoms with Crippen LogP contribution in [0.5, 0.6) is 0 Å². The van der Waals surface area contributed by atoms with E-state index in [1.807, 2.05) is 20.8 Å². The van der Waals surface area contributed by atoms with Crippen LogP contribution in [-0.2, 0) is 9.53 Å². The summed E-state index contributed by atoms with van der Waals surface area (Å²) in [5.41, 5.74) is 1.16. The molecule has 0 N–H and O–H groups in total. The highest BCUT2D eigenvalue weighted by Gasteiger charge is 2.23. The molecule has 0 amide bonds. The topological polar surface area (TPSA) is 61.2 Å². The Morgan fingerprint density at radius 2 is 1.96 bits per heavy atom. The lowest BCUT2D eigenvalue weighted by Gasteiger charge is -2.17. The molecule has 2 aromatic heterocycles. The second kappa shape index (κ2) is 7.60. The van der Waals surface area contributed by atoms with Crippen molar-refractivity contribution in [2.75, 3.05) is 0 Å². The van der Waals surface area contributed by atoms with Crippen LogP contribution in [0.4, 0.5) is 4.39 Å². The molecule has 142 valence electrons. The zero-order chi connectivity index (χ0) is 19.7. The summed E-state index contributed by atoms with van der Waals surface area (Å²) in [5, 5.41) is 0.440. The van der Waals surface area contributed by atoms with Crippen molar-refractivity contribution in [2.24, 2.45) is 0 Å². The first-order valence-electron chi connectivity index (χ1n) is 8.80. The van der Waals surface area contributed by atoms with Gasteiger partial charge < -0.3 is 4.74 Å².